The molecule has 4 N–H and O–H groups in total. The number of hydrogen-bond acceptors (Lipinski definition) is 6. The van der Waals surface area contributed by atoms with Gasteiger partial charge in [-0.2, -0.15) is 5.10 Å². The maximum absolute atomic E-state index is 12.3. The van der Waals surface area contributed by atoms with Crippen molar-refractivity contribution in [3.63, 3.8) is 0 Å². The number of aromatic amines is 1. The number of amides is 1. The maximum Gasteiger partial charge on any atom is 0.251 e. The van der Waals surface area contributed by atoms with Gasteiger partial charge in [0.15, 0.2) is 0 Å². The summed E-state index contributed by atoms with van der Waals surface area (Å²) in [6.45, 7) is 10.1. The number of nitrogens with zero attached hydrogens (tertiary/aromatic N) is 3. The molecule has 0 unspecified atom stereocenters. The van der Waals surface area contributed by atoms with Crippen LogP contribution in [0.25, 0.3) is 22.0 Å². The van der Waals surface area contributed by atoms with Crippen LogP contribution < -0.4 is 5.73 Å². The van der Waals surface area contributed by atoms with E-state index in [1.54, 1.807) is 0 Å². The van der Waals surface area contributed by atoms with E-state index < -0.39 is 5.91 Å². The van der Waals surface area contributed by atoms with Crippen LogP contribution in [0, 0.1) is 0 Å². The van der Waals surface area contributed by atoms with E-state index in [2.05, 4.69) is 39.3 Å². The number of hydrogen-bond donors (Lipinski definition) is 3. The van der Waals surface area contributed by atoms with E-state index in [0.717, 1.165) is 66.0 Å². The Labute approximate surface area is 218 Å². The maximum atomic E-state index is 12.3. The number of benzene rings is 2. The van der Waals surface area contributed by atoms with Crippen molar-refractivity contribution in [1.82, 2.24) is 19.4 Å². The summed E-state index contributed by atoms with van der Waals surface area (Å²) >= 11 is 1.98. The molecule has 2 aromatic carbocycles. The first-order valence-electron chi connectivity index (χ1n) is 13.2. The van der Waals surface area contributed by atoms with Crippen molar-refractivity contribution in [3.05, 3.63) is 53.2 Å². The predicted molar refractivity (Wildman–Crippen MR) is 149 cm³/mol. The predicted octanol–water partition coefficient (Wildman–Crippen LogP) is 4.77. The summed E-state index contributed by atoms with van der Waals surface area (Å²) in [5.41, 5.74) is 10.7. The van der Waals surface area contributed by atoms with E-state index >= 15 is 0 Å². The highest BCUT2D eigenvalue weighted by Gasteiger charge is 2.25. The van der Waals surface area contributed by atoms with Crippen molar-refractivity contribution in [2.45, 2.75) is 52.1 Å². The van der Waals surface area contributed by atoms with Crippen molar-refractivity contribution in [2.75, 3.05) is 38.5 Å². The van der Waals surface area contributed by atoms with Crippen LogP contribution in [-0.4, -0.2) is 68.9 Å². The molecule has 8 heteroatoms. The average Bonchev–Trinajstić information content (AvgIpc) is 3.34. The average molecular weight is 510 g/mol. The number of H-pyrrole nitrogens is 1. The lowest BCUT2D eigenvalue weighted by Crippen LogP contribution is -2.29. The fraction of sp³-hybridized carbons (Fsp3) is 0.500. The molecule has 1 fully saturated rings. The molecule has 1 aromatic heterocycles. The number of nitrogens with one attached hydrogen (secondary N) is 1. The molecule has 194 valence electrons. The molecule has 0 bridgehead atoms. The number of aliphatic hydroxyl groups excluding tert-OH is 1. The molecule has 0 aliphatic carbocycles. The number of nitrogens with two attached hydrogens (primary N) is 1. The van der Waals surface area contributed by atoms with Gasteiger partial charge < -0.3 is 15.7 Å². The van der Waals surface area contributed by atoms with Gasteiger partial charge >= 0.3 is 0 Å². The molecule has 4 rings (SSSR count). The summed E-state index contributed by atoms with van der Waals surface area (Å²) in [4.78, 5) is 14.8. The number of fused-ring (bicyclic) bond motifs is 1. The molecule has 0 saturated carbocycles. The normalized spacial score (nSPS) is 15.2. The van der Waals surface area contributed by atoms with Crippen molar-refractivity contribution in [2.24, 2.45) is 5.73 Å². The monoisotopic (exact) mass is 509 g/mol. The molecule has 3 aromatic rings. The van der Waals surface area contributed by atoms with Crippen LogP contribution in [-0.2, 0) is 6.61 Å². The van der Waals surface area contributed by atoms with Crippen LogP contribution in [0.4, 0.5) is 0 Å². The van der Waals surface area contributed by atoms with Gasteiger partial charge in [0.1, 0.15) is 5.52 Å². The minimum Gasteiger partial charge on any atom is -0.392 e. The van der Waals surface area contributed by atoms with Crippen LogP contribution in [0.15, 0.2) is 36.4 Å². The molecule has 0 radical (unpaired) electrons. The lowest BCUT2D eigenvalue weighted by atomic mass is 9.90. The quantitative estimate of drug-likeness (QED) is 0.240. The van der Waals surface area contributed by atoms with Gasteiger partial charge in [-0.25, -0.2) is 0 Å². The third kappa shape index (κ3) is 6.29. The lowest BCUT2D eigenvalue weighted by molar-refractivity contribution is 0.100. The highest BCUT2D eigenvalue weighted by Crippen LogP contribution is 2.36. The number of carbonyl (C=O) groups excluding carboxylic acids is 1. The minimum absolute atomic E-state index is 0.00472. The Morgan fingerprint density at radius 1 is 1.17 bits per heavy atom. The fourth-order valence-electron chi connectivity index (χ4n) is 5.10. The van der Waals surface area contributed by atoms with E-state index in [4.69, 9.17) is 5.73 Å². The van der Waals surface area contributed by atoms with Crippen LogP contribution in [0.3, 0.4) is 0 Å². The third-order valence-electron chi connectivity index (χ3n) is 7.17. The van der Waals surface area contributed by atoms with Crippen molar-refractivity contribution >= 4 is 28.8 Å². The molecular formula is C28H39N5O2S. The van der Waals surface area contributed by atoms with Gasteiger partial charge in [0.05, 0.1) is 12.2 Å². The zero-order valence-corrected chi connectivity index (χ0v) is 22.3. The first-order valence-corrected chi connectivity index (χ1v) is 14.1. The Bertz CT molecular complexity index is 1140. The Morgan fingerprint density at radius 2 is 1.92 bits per heavy atom. The molecule has 36 heavy (non-hydrogen) atoms. The molecule has 0 atom stereocenters. The van der Waals surface area contributed by atoms with Crippen LogP contribution in [0.5, 0.6) is 0 Å². The summed E-state index contributed by atoms with van der Waals surface area (Å²) in [5.74, 6) is 1.07. The van der Waals surface area contributed by atoms with Gasteiger partial charge in [0, 0.05) is 35.8 Å². The second kappa shape index (κ2) is 12.7. The largest absolute Gasteiger partial charge is 0.392 e. The van der Waals surface area contributed by atoms with Crippen molar-refractivity contribution in [3.8, 4) is 11.1 Å². The molecule has 0 spiro atoms. The summed E-state index contributed by atoms with van der Waals surface area (Å²) < 4.78 is 2.51. The lowest BCUT2D eigenvalue weighted by Gasteiger charge is -2.31. The molecule has 1 saturated heterocycles. The molecule has 1 aliphatic rings. The Balaban J connectivity index is 1.44. The van der Waals surface area contributed by atoms with Gasteiger partial charge in [-0.05, 0) is 74.1 Å². The molecular weight excluding hydrogens is 470 g/mol. The Kier molecular flexibility index (Phi) is 9.42. The summed E-state index contributed by atoms with van der Waals surface area (Å²) in [7, 11) is 0. The zero-order valence-electron chi connectivity index (χ0n) is 21.5. The van der Waals surface area contributed by atoms with Gasteiger partial charge in [-0.3, -0.25) is 14.2 Å². The summed E-state index contributed by atoms with van der Waals surface area (Å²) in [6.07, 6.45) is 4.56. The SMILES string of the molecule is CCCN(CC)CCCSN1CCC(c2[nH]nc3c(C(N)=O)cc(-c4ccc(CO)cc4)cc23)CC1. The Morgan fingerprint density at radius 3 is 2.56 bits per heavy atom. The zero-order chi connectivity index (χ0) is 25.5. The van der Waals surface area contributed by atoms with Gasteiger partial charge in [0.25, 0.3) is 5.91 Å². The minimum atomic E-state index is -0.473. The Hall–Kier alpha value is -2.39. The van der Waals surface area contributed by atoms with Crippen molar-refractivity contribution < 1.29 is 9.90 Å². The molecule has 7 nitrogen and oxygen atoms in total. The van der Waals surface area contributed by atoms with Gasteiger partial charge in [-0.1, -0.05) is 50.1 Å². The first-order chi connectivity index (χ1) is 17.5. The molecule has 1 amide bonds. The summed E-state index contributed by atoms with van der Waals surface area (Å²) in [5, 5.41) is 18.1. The third-order valence-corrected chi connectivity index (χ3v) is 8.37. The highest BCUT2D eigenvalue weighted by atomic mass is 32.2. The van der Waals surface area contributed by atoms with E-state index in [1.807, 2.05) is 42.3 Å². The number of primary amides is 1. The molecule has 1 aliphatic heterocycles. The van der Waals surface area contributed by atoms with Crippen LogP contribution in [0.2, 0.25) is 0 Å². The standard InChI is InChI=1S/C28H39N5O2S/c1-3-12-32(4-2)13-5-16-36-33-14-10-22(11-15-33)26-24-17-23(21-8-6-20(19-34)7-9-21)18-25(28(29)35)27(24)31-30-26/h6-9,17-18,22,34H,3-5,10-16,19H2,1-2H3,(H2,29,35)(H,30,31). The number of aromatic nitrogens is 2. The van der Waals surface area contributed by atoms with Gasteiger partial charge in [0.2, 0.25) is 0 Å². The van der Waals surface area contributed by atoms with Crippen LogP contribution in [0.1, 0.15) is 67.1 Å². The smallest absolute Gasteiger partial charge is 0.251 e. The second-order valence-corrected chi connectivity index (χ2v) is 10.8. The van der Waals surface area contributed by atoms with Crippen molar-refractivity contribution in [1.29, 1.82) is 0 Å². The van der Waals surface area contributed by atoms with E-state index in [-0.39, 0.29) is 6.61 Å². The molecule has 2 heterocycles. The van der Waals surface area contributed by atoms with Gasteiger partial charge in [-0.15, -0.1) is 0 Å². The number of rotatable bonds is 12. The number of carbonyl (C=O) groups is 1. The first kappa shape index (κ1) is 26.7. The van der Waals surface area contributed by atoms with E-state index in [1.165, 1.54) is 25.9 Å². The number of aliphatic hydroxyl groups is 1. The highest BCUT2D eigenvalue weighted by molar-refractivity contribution is 7.97. The van der Waals surface area contributed by atoms with E-state index in [9.17, 15) is 9.90 Å². The van der Waals surface area contributed by atoms with Crippen LogP contribution >= 0.6 is 11.9 Å². The van der Waals surface area contributed by atoms with E-state index in [0.29, 0.717) is 17.0 Å². The summed E-state index contributed by atoms with van der Waals surface area (Å²) in [6, 6.07) is 11.7. The topological polar surface area (TPSA) is 98.5 Å². The number of piperidine rings is 1. The fourth-order valence-corrected chi connectivity index (χ4v) is 6.09. The second-order valence-electron chi connectivity index (χ2n) is 9.60.